The Kier molecular flexibility index (Phi) is 8.70. The number of amides is 1. The van der Waals surface area contributed by atoms with Crippen LogP contribution in [0.4, 0.5) is 0 Å². The Morgan fingerprint density at radius 3 is 2.08 bits per heavy atom. The van der Waals surface area contributed by atoms with Gasteiger partial charge < -0.3 is 33.9 Å². The summed E-state index contributed by atoms with van der Waals surface area (Å²) in [4.78, 5) is 29.9. The third-order valence-corrected chi connectivity index (χ3v) is 6.27. The van der Waals surface area contributed by atoms with Gasteiger partial charge in [0.1, 0.15) is 11.5 Å². The third kappa shape index (κ3) is 5.22. The van der Waals surface area contributed by atoms with Gasteiger partial charge in [-0.3, -0.25) is 9.59 Å². The Balaban J connectivity index is 2.23. The summed E-state index contributed by atoms with van der Waals surface area (Å²) in [7, 11) is 9.78. The Morgan fingerprint density at radius 1 is 0.972 bits per heavy atom. The average Bonchev–Trinajstić information content (AvgIpc) is 3.12. The highest BCUT2D eigenvalue weighted by atomic mass is 35.5. The summed E-state index contributed by atoms with van der Waals surface area (Å²) in [6, 6.07) is 7.10. The lowest BCUT2D eigenvalue weighted by Gasteiger charge is -2.27. The molecule has 194 valence electrons. The van der Waals surface area contributed by atoms with E-state index >= 15 is 0 Å². The minimum absolute atomic E-state index is 0.0552. The molecule has 0 unspecified atom stereocenters. The SMILES string of the molecule is COc1ccc(/C(O)=C2\C(=O)C(=O)N(CCCN(C)C)[C@H]2c2cc(OC)c(OC)c(OC)c2)cc1Cl. The van der Waals surface area contributed by atoms with E-state index in [2.05, 4.69) is 0 Å². The maximum absolute atomic E-state index is 13.3. The summed E-state index contributed by atoms with van der Waals surface area (Å²) in [5.74, 6) is -0.325. The molecule has 1 atom stereocenters. The quantitative estimate of drug-likeness (QED) is 0.288. The Hall–Kier alpha value is -3.43. The van der Waals surface area contributed by atoms with Gasteiger partial charge in [-0.2, -0.15) is 0 Å². The predicted molar refractivity (Wildman–Crippen MR) is 136 cm³/mol. The van der Waals surface area contributed by atoms with Gasteiger partial charge in [0.15, 0.2) is 11.5 Å². The molecule has 10 heteroatoms. The van der Waals surface area contributed by atoms with Crippen molar-refractivity contribution < 1.29 is 33.6 Å². The standard InChI is InChI=1S/C26H31ClN2O7/c1-28(2)10-7-11-29-22(16-13-19(34-4)25(36-6)20(14-16)35-5)21(24(31)26(29)32)23(30)15-8-9-18(33-3)17(27)12-15/h8-9,12-14,22,30H,7,10-11H2,1-6H3/b23-21+/t22-/m0/s1. The Bertz CT molecular complexity index is 1150. The molecule has 0 saturated carbocycles. The third-order valence-electron chi connectivity index (χ3n) is 5.97. The van der Waals surface area contributed by atoms with Gasteiger partial charge in [0.25, 0.3) is 11.7 Å². The van der Waals surface area contributed by atoms with E-state index in [-0.39, 0.29) is 21.9 Å². The molecule has 0 aromatic heterocycles. The van der Waals surface area contributed by atoms with Crippen LogP contribution in [-0.4, -0.2) is 82.2 Å². The van der Waals surface area contributed by atoms with Gasteiger partial charge in [-0.05, 0) is 63.0 Å². The number of methoxy groups -OCH3 is 4. The summed E-state index contributed by atoms with van der Waals surface area (Å²) in [6.45, 7) is 1.00. The van der Waals surface area contributed by atoms with Crippen LogP contribution in [0.5, 0.6) is 23.0 Å². The molecule has 1 saturated heterocycles. The van der Waals surface area contributed by atoms with E-state index in [1.165, 1.54) is 39.4 Å². The van der Waals surface area contributed by atoms with Crippen molar-refractivity contribution in [3.05, 3.63) is 52.1 Å². The van der Waals surface area contributed by atoms with Crippen molar-refractivity contribution in [3.8, 4) is 23.0 Å². The van der Waals surface area contributed by atoms with E-state index < -0.39 is 17.7 Å². The number of Topliss-reactive ketones (excluding diaryl/α,β-unsaturated/α-hetero) is 1. The number of hydrogen-bond acceptors (Lipinski definition) is 8. The molecule has 0 radical (unpaired) electrons. The number of carbonyl (C=O) groups excluding carboxylic acids is 2. The number of halogens is 1. The molecule has 3 rings (SSSR count). The van der Waals surface area contributed by atoms with Gasteiger partial charge in [-0.1, -0.05) is 11.6 Å². The number of ketones is 1. The second-order valence-electron chi connectivity index (χ2n) is 8.46. The van der Waals surface area contributed by atoms with Crippen molar-refractivity contribution >= 4 is 29.1 Å². The summed E-state index contributed by atoms with van der Waals surface area (Å²) in [6.07, 6.45) is 0.620. The predicted octanol–water partition coefficient (Wildman–Crippen LogP) is 3.75. The summed E-state index contributed by atoms with van der Waals surface area (Å²) < 4.78 is 21.6. The van der Waals surface area contributed by atoms with Crippen LogP contribution >= 0.6 is 11.6 Å². The van der Waals surface area contributed by atoms with Crippen LogP contribution < -0.4 is 18.9 Å². The number of carbonyl (C=O) groups is 2. The number of rotatable bonds is 10. The molecular weight excluding hydrogens is 488 g/mol. The van der Waals surface area contributed by atoms with Crippen molar-refractivity contribution in [1.82, 2.24) is 9.80 Å². The lowest BCUT2D eigenvalue weighted by atomic mass is 9.94. The molecule has 0 spiro atoms. The normalized spacial score (nSPS) is 17.0. The highest BCUT2D eigenvalue weighted by Gasteiger charge is 2.46. The van der Waals surface area contributed by atoms with Crippen LogP contribution in [0.1, 0.15) is 23.6 Å². The average molecular weight is 519 g/mol. The molecule has 1 aliphatic heterocycles. The van der Waals surface area contributed by atoms with Crippen molar-refractivity contribution in [2.45, 2.75) is 12.5 Å². The molecule has 0 bridgehead atoms. The van der Waals surface area contributed by atoms with Crippen LogP contribution in [0.25, 0.3) is 5.76 Å². The summed E-state index contributed by atoms with van der Waals surface area (Å²) in [5.41, 5.74) is 0.750. The lowest BCUT2D eigenvalue weighted by molar-refractivity contribution is -0.139. The van der Waals surface area contributed by atoms with E-state index in [0.717, 1.165) is 0 Å². The fraction of sp³-hybridized carbons (Fsp3) is 0.385. The van der Waals surface area contributed by atoms with E-state index in [0.29, 0.717) is 48.1 Å². The zero-order valence-electron chi connectivity index (χ0n) is 21.3. The van der Waals surface area contributed by atoms with Gasteiger partial charge in [0, 0.05) is 12.1 Å². The molecule has 0 aliphatic carbocycles. The van der Waals surface area contributed by atoms with E-state index in [4.69, 9.17) is 30.5 Å². The van der Waals surface area contributed by atoms with Crippen LogP contribution in [0.2, 0.25) is 5.02 Å². The molecule has 1 aliphatic rings. The van der Waals surface area contributed by atoms with Crippen molar-refractivity contribution in [2.24, 2.45) is 0 Å². The maximum Gasteiger partial charge on any atom is 0.295 e. The van der Waals surface area contributed by atoms with E-state index in [1.54, 1.807) is 24.3 Å². The van der Waals surface area contributed by atoms with Crippen molar-refractivity contribution in [3.63, 3.8) is 0 Å². The Labute approximate surface area is 215 Å². The largest absolute Gasteiger partial charge is 0.507 e. The minimum Gasteiger partial charge on any atom is -0.507 e. The number of likely N-dealkylation sites (tertiary alicyclic amines) is 1. The van der Waals surface area contributed by atoms with Crippen LogP contribution in [-0.2, 0) is 9.59 Å². The number of ether oxygens (including phenoxy) is 4. The summed E-state index contributed by atoms with van der Waals surface area (Å²) >= 11 is 6.27. The molecule has 2 aromatic rings. The van der Waals surface area contributed by atoms with Gasteiger partial charge in [-0.25, -0.2) is 0 Å². The molecule has 1 N–H and O–H groups in total. The zero-order valence-corrected chi connectivity index (χ0v) is 22.0. The smallest absolute Gasteiger partial charge is 0.295 e. The highest BCUT2D eigenvalue weighted by Crippen LogP contribution is 2.46. The van der Waals surface area contributed by atoms with Crippen LogP contribution in [0.3, 0.4) is 0 Å². The monoisotopic (exact) mass is 518 g/mol. The first-order valence-electron chi connectivity index (χ1n) is 11.2. The minimum atomic E-state index is -0.887. The first-order valence-corrected chi connectivity index (χ1v) is 11.6. The molecule has 9 nitrogen and oxygen atoms in total. The number of hydrogen-bond donors (Lipinski definition) is 1. The lowest BCUT2D eigenvalue weighted by Crippen LogP contribution is -2.32. The fourth-order valence-corrected chi connectivity index (χ4v) is 4.50. The van der Waals surface area contributed by atoms with Crippen molar-refractivity contribution in [1.29, 1.82) is 0 Å². The maximum atomic E-state index is 13.3. The van der Waals surface area contributed by atoms with Crippen LogP contribution in [0.15, 0.2) is 35.9 Å². The molecule has 2 aromatic carbocycles. The van der Waals surface area contributed by atoms with Gasteiger partial charge in [0.2, 0.25) is 5.75 Å². The molecule has 36 heavy (non-hydrogen) atoms. The number of benzene rings is 2. The number of aliphatic hydroxyl groups excluding tert-OH is 1. The van der Waals surface area contributed by atoms with E-state index in [1.807, 2.05) is 19.0 Å². The first kappa shape index (κ1) is 27.2. The topological polar surface area (TPSA) is 97.8 Å². The summed E-state index contributed by atoms with van der Waals surface area (Å²) in [5, 5.41) is 11.6. The van der Waals surface area contributed by atoms with Gasteiger partial charge in [-0.15, -0.1) is 0 Å². The highest BCUT2D eigenvalue weighted by molar-refractivity contribution is 6.46. The van der Waals surface area contributed by atoms with E-state index in [9.17, 15) is 14.7 Å². The van der Waals surface area contributed by atoms with Gasteiger partial charge in [0.05, 0.1) is 45.1 Å². The Morgan fingerprint density at radius 2 is 1.58 bits per heavy atom. The van der Waals surface area contributed by atoms with Crippen LogP contribution in [0, 0.1) is 0 Å². The zero-order chi connectivity index (χ0) is 26.6. The second kappa shape index (κ2) is 11.5. The fourth-order valence-electron chi connectivity index (χ4n) is 4.24. The second-order valence-corrected chi connectivity index (χ2v) is 8.86. The molecular formula is C26H31ClN2O7. The number of aliphatic hydroxyl groups is 1. The number of nitrogens with zero attached hydrogens (tertiary/aromatic N) is 2. The van der Waals surface area contributed by atoms with Gasteiger partial charge >= 0.3 is 0 Å². The van der Waals surface area contributed by atoms with Crippen molar-refractivity contribution in [2.75, 3.05) is 55.6 Å². The first-order chi connectivity index (χ1) is 17.2. The molecule has 1 amide bonds. The molecule has 1 fully saturated rings. The molecule has 1 heterocycles.